The molecule has 0 aromatic heterocycles. The summed E-state index contributed by atoms with van der Waals surface area (Å²) in [6, 6.07) is -0.382. The molecule has 1 saturated carbocycles. The van der Waals surface area contributed by atoms with Gasteiger partial charge in [0.2, 0.25) is 0 Å². The first-order chi connectivity index (χ1) is 9.16. The van der Waals surface area contributed by atoms with Gasteiger partial charge in [0.1, 0.15) is 5.60 Å². The van der Waals surface area contributed by atoms with E-state index in [0.717, 1.165) is 6.42 Å². The molecule has 0 radical (unpaired) electrons. The van der Waals surface area contributed by atoms with Gasteiger partial charge in [-0.1, -0.05) is 0 Å². The van der Waals surface area contributed by atoms with E-state index < -0.39 is 17.0 Å². The van der Waals surface area contributed by atoms with Crippen molar-refractivity contribution < 1.29 is 19.4 Å². The summed E-state index contributed by atoms with van der Waals surface area (Å²) in [7, 11) is 0. The molecule has 1 aliphatic carbocycles. The summed E-state index contributed by atoms with van der Waals surface area (Å²) in [6.45, 7) is 6.56. The van der Waals surface area contributed by atoms with E-state index in [4.69, 9.17) is 10.5 Å². The van der Waals surface area contributed by atoms with Crippen LogP contribution in [0.2, 0.25) is 0 Å². The summed E-state index contributed by atoms with van der Waals surface area (Å²) in [5.41, 5.74) is 4.88. The zero-order valence-electron chi connectivity index (χ0n) is 12.4. The first kappa shape index (κ1) is 15.1. The van der Waals surface area contributed by atoms with E-state index in [0.29, 0.717) is 25.9 Å². The van der Waals surface area contributed by atoms with E-state index in [1.165, 1.54) is 0 Å². The normalized spacial score (nSPS) is 26.2. The monoisotopic (exact) mass is 284 g/mol. The van der Waals surface area contributed by atoms with E-state index in [9.17, 15) is 14.7 Å². The molecule has 0 aromatic carbocycles. The summed E-state index contributed by atoms with van der Waals surface area (Å²) in [5, 5.41) is 9.28. The Bertz CT molecular complexity index is 412. The molecule has 2 unspecified atom stereocenters. The van der Waals surface area contributed by atoms with Crippen LogP contribution in [0.3, 0.4) is 0 Å². The highest BCUT2D eigenvalue weighted by atomic mass is 16.6. The van der Waals surface area contributed by atoms with Gasteiger partial charge in [0, 0.05) is 19.1 Å². The number of hydrogen-bond acceptors (Lipinski definition) is 4. The third-order valence-electron chi connectivity index (χ3n) is 4.24. The van der Waals surface area contributed by atoms with Crippen molar-refractivity contribution in [2.45, 2.75) is 51.7 Å². The lowest BCUT2D eigenvalue weighted by Crippen LogP contribution is -2.45. The third kappa shape index (κ3) is 2.90. The smallest absolute Gasteiger partial charge is 0.410 e. The van der Waals surface area contributed by atoms with Crippen molar-refractivity contribution in [3.05, 3.63) is 0 Å². The zero-order valence-corrected chi connectivity index (χ0v) is 12.4. The Hall–Kier alpha value is -1.30. The number of nitrogens with zero attached hydrogens (tertiary/aromatic N) is 1. The van der Waals surface area contributed by atoms with Crippen molar-refractivity contribution in [1.29, 1.82) is 0 Å². The van der Waals surface area contributed by atoms with Crippen LogP contribution in [0.1, 0.15) is 40.0 Å². The van der Waals surface area contributed by atoms with Crippen molar-refractivity contribution in [3.63, 3.8) is 0 Å². The summed E-state index contributed by atoms with van der Waals surface area (Å²) in [6.07, 6.45) is 1.70. The molecule has 0 spiro atoms. The van der Waals surface area contributed by atoms with Crippen molar-refractivity contribution in [2.24, 2.45) is 17.1 Å². The van der Waals surface area contributed by atoms with E-state index >= 15 is 0 Å². The van der Waals surface area contributed by atoms with E-state index in [-0.39, 0.29) is 18.1 Å². The van der Waals surface area contributed by atoms with Crippen LogP contribution in [-0.4, -0.2) is 46.8 Å². The van der Waals surface area contributed by atoms with Gasteiger partial charge in [0.05, 0.1) is 5.41 Å². The molecule has 2 fully saturated rings. The number of rotatable bonds is 3. The second-order valence-corrected chi connectivity index (χ2v) is 6.96. The fourth-order valence-electron chi connectivity index (χ4n) is 2.85. The number of carbonyl (C=O) groups is 2. The van der Waals surface area contributed by atoms with Crippen LogP contribution in [0.25, 0.3) is 0 Å². The Labute approximate surface area is 119 Å². The average Bonchev–Trinajstić information content (AvgIpc) is 2.97. The van der Waals surface area contributed by atoms with Crippen LogP contribution >= 0.6 is 0 Å². The van der Waals surface area contributed by atoms with Crippen molar-refractivity contribution in [3.8, 4) is 0 Å². The Kier molecular flexibility index (Phi) is 3.71. The molecule has 114 valence electrons. The molecule has 1 heterocycles. The molecule has 3 N–H and O–H groups in total. The molecule has 2 rings (SSSR count). The van der Waals surface area contributed by atoms with E-state index in [1.54, 1.807) is 4.90 Å². The highest BCUT2D eigenvalue weighted by molar-refractivity contribution is 5.79. The minimum absolute atomic E-state index is 0.0427. The number of hydrogen-bond donors (Lipinski definition) is 2. The molecule has 2 atom stereocenters. The van der Waals surface area contributed by atoms with Gasteiger partial charge in [-0.3, -0.25) is 4.79 Å². The maximum Gasteiger partial charge on any atom is 0.410 e. The lowest BCUT2D eigenvalue weighted by Gasteiger charge is -2.27. The second-order valence-electron chi connectivity index (χ2n) is 6.96. The van der Waals surface area contributed by atoms with Crippen LogP contribution in [0.4, 0.5) is 4.79 Å². The van der Waals surface area contributed by atoms with Gasteiger partial charge >= 0.3 is 12.1 Å². The topological polar surface area (TPSA) is 92.9 Å². The maximum atomic E-state index is 12.0. The number of nitrogens with two attached hydrogens (primary N) is 1. The molecular weight excluding hydrogens is 260 g/mol. The van der Waals surface area contributed by atoms with Crippen LogP contribution in [0.15, 0.2) is 0 Å². The average molecular weight is 284 g/mol. The minimum atomic E-state index is -0.805. The van der Waals surface area contributed by atoms with Gasteiger partial charge in [0.15, 0.2) is 0 Å². The predicted molar refractivity (Wildman–Crippen MR) is 73.2 cm³/mol. The number of aliphatic carboxylic acids is 1. The lowest BCUT2D eigenvalue weighted by atomic mass is 9.85. The standard InChI is InChI=1S/C14H24N2O4/c1-13(2,3)20-12(19)16-7-4-9(8-16)10(15)14(5-6-14)11(17)18/h9-10H,4-8,15H2,1-3H3,(H,17,18). The lowest BCUT2D eigenvalue weighted by molar-refractivity contribution is -0.144. The van der Waals surface area contributed by atoms with Gasteiger partial charge in [0.25, 0.3) is 0 Å². The number of carboxylic acids is 1. The molecule has 0 bridgehead atoms. The maximum absolute atomic E-state index is 12.0. The van der Waals surface area contributed by atoms with Crippen molar-refractivity contribution in [2.75, 3.05) is 13.1 Å². The molecular formula is C14H24N2O4. The summed E-state index contributed by atoms with van der Waals surface area (Å²) < 4.78 is 5.33. The number of carbonyl (C=O) groups excluding carboxylic acids is 1. The van der Waals surface area contributed by atoms with Gasteiger partial charge in [-0.05, 0) is 46.0 Å². The first-order valence-electron chi connectivity index (χ1n) is 7.13. The molecule has 6 nitrogen and oxygen atoms in total. The highest BCUT2D eigenvalue weighted by Crippen LogP contribution is 2.51. The third-order valence-corrected chi connectivity index (χ3v) is 4.24. The Morgan fingerprint density at radius 2 is 2.00 bits per heavy atom. The minimum Gasteiger partial charge on any atom is -0.481 e. The number of carboxylic acid groups (broad SMARTS) is 1. The van der Waals surface area contributed by atoms with Gasteiger partial charge in [-0.25, -0.2) is 4.79 Å². The molecule has 1 aliphatic heterocycles. The Morgan fingerprint density at radius 1 is 1.40 bits per heavy atom. The highest BCUT2D eigenvalue weighted by Gasteiger charge is 2.57. The van der Waals surface area contributed by atoms with E-state index in [1.807, 2.05) is 20.8 Å². The molecule has 6 heteroatoms. The Morgan fingerprint density at radius 3 is 2.45 bits per heavy atom. The molecule has 1 saturated heterocycles. The summed E-state index contributed by atoms with van der Waals surface area (Å²) >= 11 is 0. The van der Waals surface area contributed by atoms with Gasteiger partial charge in [-0.15, -0.1) is 0 Å². The Balaban J connectivity index is 1.93. The largest absolute Gasteiger partial charge is 0.481 e. The fourth-order valence-corrected chi connectivity index (χ4v) is 2.85. The van der Waals surface area contributed by atoms with Crippen LogP contribution in [-0.2, 0) is 9.53 Å². The van der Waals surface area contributed by atoms with Crippen molar-refractivity contribution >= 4 is 12.1 Å². The number of likely N-dealkylation sites (tertiary alicyclic amines) is 1. The molecule has 0 aromatic rings. The van der Waals surface area contributed by atoms with Crippen LogP contribution in [0.5, 0.6) is 0 Å². The summed E-state index contributed by atoms with van der Waals surface area (Å²) in [4.78, 5) is 24.9. The first-order valence-corrected chi connectivity index (χ1v) is 7.13. The van der Waals surface area contributed by atoms with Gasteiger partial charge in [-0.2, -0.15) is 0 Å². The molecule has 2 aliphatic rings. The van der Waals surface area contributed by atoms with Gasteiger partial charge < -0.3 is 20.5 Å². The van der Waals surface area contributed by atoms with Crippen LogP contribution < -0.4 is 5.73 Å². The molecule has 20 heavy (non-hydrogen) atoms. The van der Waals surface area contributed by atoms with Crippen molar-refractivity contribution in [1.82, 2.24) is 4.90 Å². The predicted octanol–water partition coefficient (Wildman–Crippen LogP) is 1.44. The number of amides is 1. The van der Waals surface area contributed by atoms with E-state index in [2.05, 4.69) is 0 Å². The second kappa shape index (κ2) is 4.91. The quantitative estimate of drug-likeness (QED) is 0.818. The van der Waals surface area contributed by atoms with Crippen LogP contribution in [0, 0.1) is 11.3 Å². The SMILES string of the molecule is CC(C)(C)OC(=O)N1CCC(C(N)C2(C(=O)O)CC2)C1. The molecule has 1 amide bonds. The fraction of sp³-hybridized carbons (Fsp3) is 0.857. The summed E-state index contributed by atoms with van der Waals surface area (Å²) in [5.74, 6) is -0.762. The zero-order chi connectivity index (χ0) is 15.1. The number of ether oxygens (including phenoxy) is 1.